The lowest BCUT2D eigenvalue weighted by atomic mass is 10.2. The van der Waals surface area contributed by atoms with E-state index in [0.29, 0.717) is 40.8 Å². The zero-order valence-electron chi connectivity index (χ0n) is 9.88. The van der Waals surface area contributed by atoms with Crippen molar-refractivity contribution in [2.45, 2.75) is 6.54 Å². The van der Waals surface area contributed by atoms with E-state index >= 15 is 0 Å². The third-order valence-corrected chi connectivity index (χ3v) is 3.38. The molecule has 3 heterocycles. The van der Waals surface area contributed by atoms with Gasteiger partial charge in [0.2, 0.25) is 5.43 Å². The molecule has 5 nitrogen and oxygen atoms in total. The maximum Gasteiger partial charge on any atom is 0.358 e. The van der Waals surface area contributed by atoms with Gasteiger partial charge < -0.3 is 13.7 Å². The summed E-state index contributed by atoms with van der Waals surface area (Å²) in [6.07, 6.45) is 1.67. The number of carbonyl (C=O) groups is 1. The van der Waals surface area contributed by atoms with Crippen LogP contribution in [0.2, 0.25) is 0 Å². The van der Waals surface area contributed by atoms with Crippen LogP contribution in [0, 0.1) is 0 Å². The Labute approximate surface area is 107 Å². The van der Waals surface area contributed by atoms with E-state index in [4.69, 9.17) is 9.15 Å². The molecule has 0 radical (unpaired) electrons. The van der Waals surface area contributed by atoms with Crippen LogP contribution in [-0.4, -0.2) is 17.1 Å². The molecule has 0 N–H and O–H groups in total. The summed E-state index contributed by atoms with van der Waals surface area (Å²) in [5.41, 5.74) is 0.997. The first-order valence-corrected chi connectivity index (χ1v) is 5.97. The standard InChI is InChI=1S/C14H9NO4/c16-12-8-3-1-2-4-10(8)19-13-9(12)7-15-5-6-18-14(17)11(13)15/h1-4,7H,5-6H2. The summed E-state index contributed by atoms with van der Waals surface area (Å²) in [6.45, 7) is 0.863. The van der Waals surface area contributed by atoms with Crippen LogP contribution in [0.5, 0.6) is 0 Å². The lowest BCUT2D eigenvalue weighted by Gasteiger charge is -2.14. The van der Waals surface area contributed by atoms with Gasteiger partial charge in [-0.1, -0.05) is 12.1 Å². The summed E-state index contributed by atoms with van der Waals surface area (Å²) in [5.74, 6) is -0.445. The molecule has 1 aliphatic rings. The van der Waals surface area contributed by atoms with Gasteiger partial charge in [0.25, 0.3) is 0 Å². The minimum Gasteiger partial charge on any atom is -0.459 e. The van der Waals surface area contributed by atoms with Gasteiger partial charge in [-0.25, -0.2) is 4.79 Å². The molecule has 0 spiro atoms. The van der Waals surface area contributed by atoms with Gasteiger partial charge in [0.15, 0.2) is 11.3 Å². The maximum atomic E-state index is 12.4. The Kier molecular flexibility index (Phi) is 1.90. The van der Waals surface area contributed by atoms with Gasteiger partial charge in [0.05, 0.1) is 17.3 Å². The Morgan fingerprint density at radius 3 is 2.84 bits per heavy atom. The van der Waals surface area contributed by atoms with Crippen LogP contribution in [0.15, 0.2) is 39.7 Å². The van der Waals surface area contributed by atoms with Crippen molar-refractivity contribution in [2.75, 3.05) is 6.61 Å². The van der Waals surface area contributed by atoms with Crippen molar-refractivity contribution in [1.29, 1.82) is 0 Å². The minimum absolute atomic E-state index is 0.119. The first-order valence-electron chi connectivity index (χ1n) is 5.97. The van der Waals surface area contributed by atoms with E-state index in [2.05, 4.69) is 0 Å². The summed E-state index contributed by atoms with van der Waals surface area (Å²) in [5, 5.41) is 0.943. The van der Waals surface area contributed by atoms with Crippen LogP contribution < -0.4 is 5.43 Å². The van der Waals surface area contributed by atoms with Gasteiger partial charge in [0.1, 0.15) is 12.2 Å². The third kappa shape index (κ3) is 1.29. The Morgan fingerprint density at radius 2 is 1.95 bits per heavy atom. The van der Waals surface area contributed by atoms with E-state index in [0.717, 1.165) is 0 Å². The molecule has 0 aliphatic carbocycles. The van der Waals surface area contributed by atoms with E-state index in [9.17, 15) is 9.59 Å². The van der Waals surface area contributed by atoms with Crippen molar-refractivity contribution in [3.8, 4) is 0 Å². The normalized spacial score (nSPS) is 14.6. The number of esters is 1. The highest BCUT2D eigenvalue weighted by atomic mass is 16.5. The summed E-state index contributed by atoms with van der Waals surface area (Å²) >= 11 is 0. The smallest absolute Gasteiger partial charge is 0.358 e. The van der Waals surface area contributed by atoms with Crippen molar-refractivity contribution >= 4 is 27.9 Å². The van der Waals surface area contributed by atoms with Crippen molar-refractivity contribution in [3.05, 3.63) is 46.4 Å². The largest absolute Gasteiger partial charge is 0.459 e. The molecule has 3 aromatic rings. The highest BCUT2D eigenvalue weighted by molar-refractivity contribution is 6.03. The predicted molar refractivity (Wildman–Crippen MR) is 68.3 cm³/mol. The summed E-state index contributed by atoms with van der Waals surface area (Å²) < 4.78 is 12.4. The van der Waals surface area contributed by atoms with E-state index in [1.807, 2.05) is 0 Å². The molecule has 2 aromatic heterocycles. The van der Waals surface area contributed by atoms with Gasteiger partial charge >= 0.3 is 5.97 Å². The first kappa shape index (κ1) is 10.4. The number of benzene rings is 1. The quantitative estimate of drug-likeness (QED) is 0.576. The van der Waals surface area contributed by atoms with Crippen LogP contribution >= 0.6 is 0 Å². The number of aromatic nitrogens is 1. The molecule has 0 saturated heterocycles. The third-order valence-electron chi connectivity index (χ3n) is 3.38. The number of carbonyl (C=O) groups excluding carboxylic acids is 1. The molecule has 5 heteroatoms. The fourth-order valence-corrected chi connectivity index (χ4v) is 2.49. The van der Waals surface area contributed by atoms with Gasteiger partial charge in [0, 0.05) is 6.20 Å². The number of hydrogen-bond donors (Lipinski definition) is 0. The molecule has 94 valence electrons. The molecule has 19 heavy (non-hydrogen) atoms. The topological polar surface area (TPSA) is 61.4 Å². The van der Waals surface area contributed by atoms with E-state index in [-0.39, 0.29) is 5.43 Å². The average molecular weight is 255 g/mol. The molecular weight excluding hydrogens is 246 g/mol. The monoisotopic (exact) mass is 255 g/mol. The van der Waals surface area contributed by atoms with E-state index in [1.54, 1.807) is 35.0 Å². The zero-order chi connectivity index (χ0) is 13.0. The molecule has 0 saturated carbocycles. The van der Waals surface area contributed by atoms with Gasteiger partial charge in [-0.2, -0.15) is 0 Å². The Bertz CT molecular complexity index is 887. The van der Waals surface area contributed by atoms with Crippen LogP contribution in [0.3, 0.4) is 0 Å². The predicted octanol–water partition coefficient (Wildman–Crippen LogP) is 1.92. The fraction of sp³-hybridized carbons (Fsp3) is 0.143. The number of rotatable bonds is 0. The van der Waals surface area contributed by atoms with Gasteiger partial charge in [-0.3, -0.25) is 4.79 Å². The number of ether oxygens (including phenoxy) is 1. The number of cyclic esters (lactones) is 1. The molecule has 1 aromatic carbocycles. The number of hydrogen-bond acceptors (Lipinski definition) is 4. The number of para-hydroxylation sites is 1. The Morgan fingerprint density at radius 1 is 1.11 bits per heavy atom. The van der Waals surface area contributed by atoms with Crippen molar-refractivity contribution in [1.82, 2.24) is 4.57 Å². The Balaban J connectivity index is 2.24. The lowest BCUT2D eigenvalue weighted by molar-refractivity contribution is 0.0424. The summed E-state index contributed by atoms with van der Waals surface area (Å²) in [6, 6.07) is 7.01. The van der Waals surface area contributed by atoms with Crippen molar-refractivity contribution < 1.29 is 13.9 Å². The SMILES string of the molecule is O=C1OCCn2cc3c(=O)c4ccccc4oc3c21. The highest BCUT2D eigenvalue weighted by Crippen LogP contribution is 2.25. The molecular formula is C14H9NO4. The molecule has 0 amide bonds. The first-order chi connectivity index (χ1) is 9.25. The number of fused-ring (bicyclic) bond motifs is 4. The fourth-order valence-electron chi connectivity index (χ4n) is 2.49. The number of nitrogens with zero attached hydrogens (tertiary/aromatic N) is 1. The second-order valence-electron chi connectivity index (χ2n) is 4.48. The van der Waals surface area contributed by atoms with E-state index in [1.165, 1.54) is 0 Å². The van der Waals surface area contributed by atoms with E-state index < -0.39 is 5.97 Å². The summed E-state index contributed by atoms with van der Waals surface area (Å²) in [4.78, 5) is 24.2. The van der Waals surface area contributed by atoms with Gasteiger partial charge in [-0.15, -0.1) is 0 Å². The van der Waals surface area contributed by atoms with Crippen LogP contribution in [0.25, 0.3) is 21.9 Å². The molecule has 0 bridgehead atoms. The summed E-state index contributed by atoms with van der Waals surface area (Å²) in [7, 11) is 0. The molecule has 1 aliphatic heterocycles. The second-order valence-corrected chi connectivity index (χ2v) is 4.48. The van der Waals surface area contributed by atoms with Crippen LogP contribution in [0.1, 0.15) is 10.5 Å². The minimum atomic E-state index is -0.445. The highest BCUT2D eigenvalue weighted by Gasteiger charge is 2.26. The molecule has 0 atom stereocenters. The zero-order valence-corrected chi connectivity index (χ0v) is 9.88. The van der Waals surface area contributed by atoms with Crippen molar-refractivity contribution in [3.63, 3.8) is 0 Å². The second kappa shape index (κ2) is 3.47. The average Bonchev–Trinajstić information content (AvgIpc) is 2.79. The van der Waals surface area contributed by atoms with Crippen LogP contribution in [0.4, 0.5) is 0 Å². The maximum absolute atomic E-state index is 12.4. The molecule has 0 unspecified atom stereocenters. The van der Waals surface area contributed by atoms with Crippen molar-refractivity contribution in [2.24, 2.45) is 0 Å². The molecule has 4 rings (SSSR count). The lowest BCUT2D eigenvalue weighted by Crippen LogP contribution is -2.21. The van der Waals surface area contributed by atoms with Crippen LogP contribution in [-0.2, 0) is 11.3 Å². The Hall–Kier alpha value is -2.56. The molecule has 0 fully saturated rings. The van der Waals surface area contributed by atoms with Gasteiger partial charge in [-0.05, 0) is 12.1 Å².